The van der Waals surface area contributed by atoms with Gasteiger partial charge in [0.15, 0.2) is 5.82 Å². The lowest BCUT2D eigenvalue weighted by atomic mass is 10.1. The maximum atomic E-state index is 12.9. The van der Waals surface area contributed by atoms with Crippen molar-refractivity contribution in [2.45, 2.75) is 26.9 Å². The number of hydrogen-bond acceptors (Lipinski definition) is 4. The molecule has 0 atom stereocenters. The van der Waals surface area contributed by atoms with Crippen molar-refractivity contribution in [3.05, 3.63) is 53.2 Å². The third-order valence-corrected chi connectivity index (χ3v) is 4.32. The number of carbonyl (C=O) groups excluding carboxylic acids is 1. The van der Waals surface area contributed by atoms with Crippen LogP contribution in [0.15, 0.2) is 30.6 Å². The third-order valence-electron chi connectivity index (χ3n) is 4.32. The molecule has 0 radical (unpaired) electrons. The topological polar surface area (TPSA) is 63.9 Å². The Bertz CT molecular complexity index is 914. The van der Waals surface area contributed by atoms with Crippen molar-refractivity contribution in [3.8, 4) is 0 Å². The van der Waals surface area contributed by atoms with Crippen LogP contribution < -0.4 is 0 Å². The van der Waals surface area contributed by atoms with Crippen molar-refractivity contribution in [3.63, 3.8) is 0 Å². The van der Waals surface area contributed by atoms with Crippen LogP contribution in [-0.2, 0) is 13.1 Å². The van der Waals surface area contributed by atoms with Crippen molar-refractivity contribution < 1.29 is 4.79 Å². The zero-order valence-corrected chi connectivity index (χ0v) is 13.2. The number of nitrogens with zero attached hydrogens (tertiary/aromatic N) is 5. The summed E-state index contributed by atoms with van der Waals surface area (Å²) in [6.07, 6.45) is 1.71. The Labute approximate surface area is 133 Å². The van der Waals surface area contributed by atoms with Crippen LogP contribution in [0.2, 0.25) is 0 Å². The second-order valence-electron chi connectivity index (χ2n) is 5.98. The Morgan fingerprint density at radius 3 is 2.91 bits per heavy atom. The molecular formula is C17H17N5O. The SMILES string of the molecule is Cc1ccc2nc(C)c(C(=O)N3CCn4cnnc4C3)cc2c1. The van der Waals surface area contributed by atoms with Crippen LogP contribution in [0.5, 0.6) is 0 Å². The number of aromatic nitrogens is 4. The summed E-state index contributed by atoms with van der Waals surface area (Å²) in [4.78, 5) is 19.3. The molecule has 1 aliphatic rings. The highest BCUT2D eigenvalue weighted by molar-refractivity contribution is 5.98. The van der Waals surface area contributed by atoms with E-state index in [1.807, 2.05) is 41.5 Å². The molecular weight excluding hydrogens is 290 g/mol. The fourth-order valence-electron chi connectivity index (χ4n) is 3.02. The van der Waals surface area contributed by atoms with Crippen LogP contribution in [0.4, 0.5) is 0 Å². The van der Waals surface area contributed by atoms with Crippen LogP contribution in [-0.4, -0.2) is 37.1 Å². The zero-order valence-electron chi connectivity index (χ0n) is 13.2. The van der Waals surface area contributed by atoms with E-state index in [1.165, 1.54) is 0 Å². The molecule has 0 saturated carbocycles. The molecule has 0 spiro atoms. The fraction of sp³-hybridized carbons (Fsp3) is 0.294. The molecule has 23 heavy (non-hydrogen) atoms. The summed E-state index contributed by atoms with van der Waals surface area (Å²) in [5.74, 6) is 0.833. The standard InChI is InChI=1S/C17H17N5O/c1-11-3-4-15-13(7-11)8-14(12(2)19-15)17(23)21-5-6-22-10-18-20-16(22)9-21/h3-4,7-8,10H,5-6,9H2,1-2H3. The summed E-state index contributed by atoms with van der Waals surface area (Å²) in [6.45, 7) is 5.81. The molecule has 3 heterocycles. The van der Waals surface area contributed by atoms with Crippen LogP contribution in [0.25, 0.3) is 10.9 Å². The Balaban J connectivity index is 1.71. The lowest BCUT2D eigenvalue weighted by molar-refractivity contribution is 0.0706. The van der Waals surface area contributed by atoms with Crippen LogP contribution in [0.3, 0.4) is 0 Å². The number of amides is 1. The molecule has 6 heteroatoms. The average Bonchev–Trinajstić information content (AvgIpc) is 3.01. The van der Waals surface area contributed by atoms with Crippen molar-refractivity contribution in [2.75, 3.05) is 6.54 Å². The second-order valence-corrected chi connectivity index (χ2v) is 5.98. The molecule has 1 aliphatic heterocycles. The minimum atomic E-state index is 0.00709. The van der Waals surface area contributed by atoms with E-state index in [-0.39, 0.29) is 5.91 Å². The van der Waals surface area contributed by atoms with Gasteiger partial charge in [-0.25, -0.2) is 0 Å². The quantitative estimate of drug-likeness (QED) is 0.690. The molecule has 3 aromatic rings. The Morgan fingerprint density at radius 1 is 1.17 bits per heavy atom. The van der Waals surface area contributed by atoms with Crippen molar-refractivity contribution in [1.29, 1.82) is 0 Å². The number of hydrogen-bond donors (Lipinski definition) is 0. The van der Waals surface area contributed by atoms with Gasteiger partial charge in [-0.1, -0.05) is 11.6 Å². The molecule has 1 amide bonds. The highest BCUT2D eigenvalue weighted by atomic mass is 16.2. The fourth-order valence-corrected chi connectivity index (χ4v) is 3.02. The molecule has 0 N–H and O–H groups in total. The van der Waals surface area contributed by atoms with Crippen molar-refractivity contribution >= 4 is 16.8 Å². The molecule has 116 valence electrons. The van der Waals surface area contributed by atoms with Gasteiger partial charge in [-0.15, -0.1) is 10.2 Å². The zero-order chi connectivity index (χ0) is 16.0. The minimum absolute atomic E-state index is 0.00709. The van der Waals surface area contributed by atoms with Gasteiger partial charge < -0.3 is 9.47 Å². The normalized spacial score (nSPS) is 14.1. The smallest absolute Gasteiger partial charge is 0.256 e. The van der Waals surface area contributed by atoms with E-state index in [1.54, 1.807) is 6.33 Å². The molecule has 0 saturated heterocycles. The largest absolute Gasteiger partial charge is 0.329 e. The van der Waals surface area contributed by atoms with Crippen LogP contribution in [0.1, 0.15) is 27.4 Å². The Morgan fingerprint density at radius 2 is 2.04 bits per heavy atom. The first-order chi connectivity index (χ1) is 11.1. The van der Waals surface area contributed by atoms with Crippen LogP contribution >= 0.6 is 0 Å². The van der Waals surface area contributed by atoms with E-state index in [0.29, 0.717) is 18.7 Å². The summed E-state index contributed by atoms with van der Waals surface area (Å²) in [5.41, 5.74) is 3.50. The Hall–Kier alpha value is -2.76. The molecule has 0 aliphatic carbocycles. The van der Waals surface area contributed by atoms with Gasteiger partial charge in [0.05, 0.1) is 23.3 Å². The van der Waals surface area contributed by atoms with E-state index in [4.69, 9.17) is 0 Å². The number of rotatable bonds is 1. The number of benzene rings is 1. The van der Waals surface area contributed by atoms with E-state index in [2.05, 4.69) is 21.2 Å². The van der Waals surface area contributed by atoms with Gasteiger partial charge in [0.2, 0.25) is 0 Å². The van der Waals surface area contributed by atoms with E-state index in [0.717, 1.165) is 34.5 Å². The maximum Gasteiger partial charge on any atom is 0.256 e. The summed E-state index contributed by atoms with van der Waals surface area (Å²) in [7, 11) is 0. The monoisotopic (exact) mass is 307 g/mol. The van der Waals surface area contributed by atoms with Gasteiger partial charge in [-0.05, 0) is 32.0 Å². The van der Waals surface area contributed by atoms with E-state index in [9.17, 15) is 4.79 Å². The summed E-state index contributed by atoms with van der Waals surface area (Å²) in [5, 5.41) is 8.97. The van der Waals surface area contributed by atoms with Gasteiger partial charge in [0.1, 0.15) is 6.33 Å². The highest BCUT2D eigenvalue weighted by Gasteiger charge is 2.24. The number of fused-ring (bicyclic) bond motifs is 2. The highest BCUT2D eigenvalue weighted by Crippen LogP contribution is 2.21. The van der Waals surface area contributed by atoms with E-state index < -0.39 is 0 Å². The molecule has 0 unspecified atom stereocenters. The van der Waals surface area contributed by atoms with Gasteiger partial charge >= 0.3 is 0 Å². The Kier molecular flexibility index (Phi) is 3.11. The average molecular weight is 307 g/mol. The molecule has 1 aromatic carbocycles. The lowest BCUT2D eigenvalue weighted by Gasteiger charge is -2.27. The lowest BCUT2D eigenvalue weighted by Crippen LogP contribution is -2.38. The molecule has 6 nitrogen and oxygen atoms in total. The first-order valence-corrected chi connectivity index (χ1v) is 7.66. The predicted octanol–water partition coefficient (Wildman–Crippen LogP) is 2.10. The van der Waals surface area contributed by atoms with Gasteiger partial charge in [0.25, 0.3) is 5.91 Å². The van der Waals surface area contributed by atoms with E-state index >= 15 is 0 Å². The van der Waals surface area contributed by atoms with Gasteiger partial charge in [-0.3, -0.25) is 9.78 Å². The predicted molar refractivity (Wildman–Crippen MR) is 86.0 cm³/mol. The minimum Gasteiger partial charge on any atom is -0.329 e. The molecule has 0 fully saturated rings. The summed E-state index contributed by atoms with van der Waals surface area (Å²) >= 11 is 0. The molecule has 0 bridgehead atoms. The van der Waals surface area contributed by atoms with Gasteiger partial charge in [-0.2, -0.15) is 0 Å². The number of aryl methyl sites for hydroxylation is 2. The summed E-state index contributed by atoms with van der Waals surface area (Å²) < 4.78 is 1.98. The van der Waals surface area contributed by atoms with Crippen molar-refractivity contribution in [2.24, 2.45) is 0 Å². The number of pyridine rings is 1. The summed E-state index contributed by atoms with van der Waals surface area (Å²) in [6, 6.07) is 8.04. The second kappa shape index (κ2) is 5.15. The third kappa shape index (κ3) is 2.36. The first kappa shape index (κ1) is 13.9. The van der Waals surface area contributed by atoms with Gasteiger partial charge in [0, 0.05) is 18.5 Å². The van der Waals surface area contributed by atoms with Crippen molar-refractivity contribution in [1.82, 2.24) is 24.6 Å². The first-order valence-electron chi connectivity index (χ1n) is 7.66. The number of carbonyl (C=O) groups is 1. The maximum absolute atomic E-state index is 12.9. The van der Waals surface area contributed by atoms with Crippen LogP contribution in [0, 0.1) is 13.8 Å². The molecule has 4 rings (SSSR count). The molecule has 2 aromatic heterocycles.